The minimum atomic E-state index is 0.175. The molecule has 1 nitrogen and oxygen atoms in total. The number of benzene rings is 1. The van der Waals surface area contributed by atoms with Gasteiger partial charge in [0.2, 0.25) is 0 Å². The molecule has 1 aromatic rings. The summed E-state index contributed by atoms with van der Waals surface area (Å²) < 4.78 is 5.30. The molecule has 0 aliphatic heterocycles. The van der Waals surface area contributed by atoms with Crippen molar-refractivity contribution in [3.63, 3.8) is 0 Å². The average Bonchev–Trinajstić information content (AvgIpc) is 2.24. The molecule has 0 fully saturated rings. The molecule has 0 aliphatic carbocycles. The predicted molar refractivity (Wildman–Crippen MR) is 70.4 cm³/mol. The zero-order chi connectivity index (χ0) is 12.0. The molecule has 0 heterocycles. The summed E-state index contributed by atoms with van der Waals surface area (Å²) in [6.45, 7) is 7.81. The van der Waals surface area contributed by atoms with E-state index in [4.69, 9.17) is 16.3 Å². The van der Waals surface area contributed by atoms with Gasteiger partial charge in [0.15, 0.2) is 0 Å². The maximum atomic E-state index is 6.26. The largest absolute Gasteiger partial charge is 0.382 e. The van der Waals surface area contributed by atoms with Gasteiger partial charge in [-0.05, 0) is 50.3 Å². The number of hydrogen-bond acceptors (Lipinski definition) is 1. The van der Waals surface area contributed by atoms with Crippen molar-refractivity contribution in [3.05, 3.63) is 34.9 Å². The Labute approximate surface area is 104 Å². The lowest BCUT2D eigenvalue weighted by Crippen LogP contribution is -2.08. The second-order valence-electron chi connectivity index (χ2n) is 4.21. The van der Waals surface area contributed by atoms with E-state index in [0.29, 0.717) is 0 Å². The van der Waals surface area contributed by atoms with E-state index in [0.717, 1.165) is 26.1 Å². The number of halogens is 1. The van der Waals surface area contributed by atoms with Crippen LogP contribution < -0.4 is 0 Å². The number of rotatable bonds is 6. The maximum Gasteiger partial charge on any atom is 0.0480 e. The van der Waals surface area contributed by atoms with Crippen LogP contribution >= 0.6 is 11.6 Å². The topological polar surface area (TPSA) is 9.23 Å². The number of hydrogen-bond donors (Lipinski definition) is 0. The lowest BCUT2D eigenvalue weighted by Gasteiger charge is -2.10. The van der Waals surface area contributed by atoms with Crippen molar-refractivity contribution in [1.29, 1.82) is 0 Å². The van der Waals surface area contributed by atoms with Gasteiger partial charge >= 0.3 is 0 Å². The molecule has 0 bridgehead atoms. The van der Waals surface area contributed by atoms with Crippen LogP contribution in [0.1, 0.15) is 30.0 Å². The highest BCUT2D eigenvalue weighted by Gasteiger charge is 2.06. The Morgan fingerprint density at radius 3 is 2.62 bits per heavy atom. The van der Waals surface area contributed by atoms with Crippen LogP contribution in [0.4, 0.5) is 0 Å². The molecular formula is C14H21ClO. The zero-order valence-corrected chi connectivity index (χ0v) is 11.2. The first-order chi connectivity index (χ1) is 7.63. The van der Waals surface area contributed by atoms with Gasteiger partial charge in [0.1, 0.15) is 0 Å². The van der Waals surface area contributed by atoms with E-state index in [1.165, 1.54) is 16.7 Å². The van der Waals surface area contributed by atoms with Gasteiger partial charge in [0.25, 0.3) is 0 Å². The molecule has 90 valence electrons. The van der Waals surface area contributed by atoms with E-state index in [2.05, 4.69) is 32.0 Å². The van der Waals surface area contributed by atoms with Crippen molar-refractivity contribution in [2.24, 2.45) is 0 Å². The molecule has 16 heavy (non-hydrogen) atoms. The highest BCUT2D eigenvalue weighted by Crippen LogP contribution is 2.15. The standard InChI is InChI=1S/C14H21ClO/c1-4-16-8-7-14(15)10-13-6-5-11(2)12(3)9-13/h5-6,9,14H,4,7-8,10H2,1-3H3. The Bertz CT molecular complexity index is 323. The average molecular weight is 241 g/mol. The van der Waals surface area contributed by atoms with Crippen molar-refractivity contribution in [1.82, 2.24) is 0 Å². The van der Waals surface area contributed by atoms with E-state index in [9.17, 15) is 0 Å². The van der Waals surface area contributed by atoms with E-state index < -0.39 is 0 Å². The summed E-state index contributed by atoms with van der Waals surface area (Å²) >= 11 is 6.26. The van der Waals surface area contributed by atoms with Crippen molar-refractivity contribution < 1.29 is 4.74 Å². The summed E-state index contributed by atoms with van der Waals surface area (Å²) in [5.41, 5.74) is 4.00. The van der Waals surface area contributed by atoms with Crippen LogP contribution in [0.3, 0.4) is 0 Å². The van der Waals surface area contributed by atoms with Crippen LogP contribution in [0.5, 0.6) is 0 Å². The van der Waals surface area contributed by atoms with E-state index >= 15 is 0 Å². The number of alkyl halides is 1. The summed E-state index contributed by atoms with van der Waals surface area (Å²) in [4.78, 5) is 0. The molecule has 2 heteroatoms. The lowest BCUT2D eigenvalue weighted by molar-refractivity contribution is 0.144. The summed E-state index contributed by atoms with van der Waals surface area (Å²) in [7, 11) is 0. The molecule has 0 N–H and O–H groups in total. The third-order valence-electron chi connectivity index (χ3n) is 2.81. The summed E-state index contributed by atoms with van der Waals surface area (Å²) in [6, 6.07) is 6.56. The minimum absolute atomic E-state index is 0.175. The smallest absolute Gasteiger partial charge is 0.0480 e. The SMILES string of the molecule is CCOCCC(Cl)Cc1ccc(C)c(C)c1. The first-order valence-corrected chi connectivity index (χ1v) is 6.35. The minimum Gasteiger partial charge on any atom is -0.382 e. The molecule has 0 aliphatic rings. The molecule has 1 rings (SSSR count). The van der Waals surface area contributed by atoms with E-state index in [1.807, 2.05) is 6.92 Å². The van der Waals surface area contributed by atoms with Gasteiger partial charge in [-0.2, -0.15) is 0 Å². The number of aryl methyl sites for hydroxylation is 2. The maximum absolute atomic E-state index is 6.26. The lowest BCUT2D eigenvalue weighted by atomic mass is 10.0. The first-order valence-electron chi connectivity index (χ1n) is 5.91. The highest BCUT2D eigenvalue weighted by atomic mass is 35.5. The summed E-state index contributed by atoms with van der Waals surface area (Å²) in [5.74, 6) is 0. The Hall–Kier alpha value is -0.530. The third kappa shape index (κ3) is 4.54. The van der Waals surface area contributed by atoms with Crippen molar-refractivity contribution in [2.75, 3.05) is 13.2 Å². The van der Waals surface area contributed by atoms with Crippen LogP contribution in [0.2, 0.25) is 0 Å². The monoisotopic (exact) mass is 240 g/mol. The molecule has 0 amide bonds. The fraction of sp³-hybridized carbons (Fsp3) is 0.571. The predicted octanol–water partition coefficient (Wildman–Crippen LogP) is 3.88. The Morgan fingerprint density at radius 1 is 1.25 bits per heavy atom. The van der Waals surface area contributed by atoms with Crippen LogP contribution in [0, 0.1) is 13.8 Å². The third-order valence-corrected chi connectivity index (χ3v) is 3.18. The Morgan fingerprint density at radius 2 is 2.00 bits per heavy atom. The normalized spacial score (nSPS) is 12.8. The number of ether oxygens (including phenoxy) is 1. The van der Waals surface area contributed by atoms with Gasteiger partial charge in [0.05, 0.1) is 0 Å². The van der Waals surface area contributed by atoms with Gasteiger partial charge in [-0.3, -0.25) is 0 Å². The molecule has 0 saturated carbocycles. The van der Waals surface area contributed by atoms with Gasteiger partial charge in [0, 0.05) is 18.6 Å². The molecular weight excluding hydrogens is 220 g/mol. The highest BCUT2D eigenvalue weighted by molar-refractivity contribution is 6.20. The molecule has 1 atom stereocenters. The molecule has 1 unspecified atom stereocenters. The molecule has 0 saturated heterocycles. The van der Waals surface area contributed by atoms with E-state index in [1.54, 1.807) is 0 Å². The zero-order valence-electron chi connectivity index (χ0n) is 10.4. The van der Waals surface area contributed by atoms with Gasteiger partial charge in [-0.1, -0.05) is 18.2 Å². The summed E-state index contributed by atoms with van der Waals surface area (Å²) in [5, 5.41) is 0.175. The molecule has 0 spiro atoms. The first kappa shape index (κ1) is 13.5. The van der Waals surface area contributed by atoms with Crippen LogP contribution in [0.15, 0.2) is 18.2 Å². The van der Waals surface area contributed by atoms with Gasteiger partial charge in [-0.15, -0.1) is 11.6 Å². The van der Waals surface area contributed by atoms with Crippen molar-refractivity contribution >= 4 is 11.6 Å². The van der Waals surface area contributed by atoms with Gasteiger partial charge < -0.3 is 4.74 Å². The Balaban J connectivity index is 2.43. The van der Waals surface area contributed by atoms with Crippen LogP contribution in [-0.2, 0) is 11.2 Å². The van der Waals surface area contributed by atoms with E-state index in [-0.39, 0.29) is 5.38 Å². The quantitative estimate of drug-likeness (QED) is 0.542. The summed E-state index contributed by atoms with van der Waals surface area (Å²) in [6.07, 6.45) is 1.85. The van der Waals surface area contributed by atoms with Crippen LogP contribution in [0.25, 0.3) is 0 Å². The van der Waals surface area contributed by atoms with Crippen LogP contribution in [-0.4, -0.2) is 18.6 Å². The van der Waals surface area contributed by atoms with Crippen molar-refractivity contribution in [2.45, 2.75) is 39.0 Å². The van der Waals surface area contributed by atoms with Crippen molar-refractivity contribution in [3.8, 4) is 0 Å². The second-order valence-corrected chi connectivity index (χ2v) is 4.82. The second kappa shape index (κ2) is 6.93. The Kier molecular flexibility index (Phi) is 5.86. The van der Waals surface area contributed by atoms with Gasteiger partial charge in [-0.25, -0.2) is 0 Å². The fourth-order valence-corrected chi connectivity index (χ4v) is 1.91. The fourth-order valence-electron chi connectivity index (χ4n) is 1.64. The molecule has 0 radical (unpaired) electrons. The molecule has 1 aromatic carbocycles. The molecule has 0 aromatic heterocycles.